The van der Waals surface area contributed by atoms with Crippen LogP contribution in [-0.4, -0.2) is 22.9 Å². The molecule has 13 heavy (non-hydrogen) atoms. The van der Waals surface area contributed by atoms with E-state index in [0.717, 1.165) is 0 Å². The maximum absolute atomic E-state index is 10.0. The first kappa shape index (κ1) is 9.47. The first-order valence-corrected chi connectivity index (χ1v) is 5.47. The summed E-state index contributed by atoms with van der Waals surface area (Å²) >= 11 is 0. The summed E-state index contributed by atoms with van der Waals surface area (Å²) in [6.45, 7) is 4.12. The maximum Gasteiger partial charge on any atom is 0.113 e. The monoisotopic (exact) mass is 184 g/mol. The molecular weight excluding hydrogens is 164 g/mol. The Balaban J connectivity index is 1.86. The molecule has 0 amide bonds. The van der Waals surface area contributed by atoms with Crippen molar-refractivity contribution in [3.63, 3.8) is 0 Å². The van der Waals surface area contributed by atoms with E-state index in [1.165, 1.54) is 32.1 Å². The van der Waals surface area contributed by atoms with Crippen LogP contribution in [0.3, 0.4) is 0 Å². The largest absolute Gasteiger partial charge is 0.390 e. The van der Waals surface area contributed by atoms with Crippen LogP contribution in [0.25, 0.3) is 0 Å². The van der Waals surface area contributed by atoms with Gasteiger partial charge in [-0.3, -0.25) is 0 Å². The Kier molecular flexibility index (Phi) is 2.37. The Morgan fingerprint density at radius 2 is 1.77 bits per heavy atom. The number of aliphatic hydroxyl groups is 1. The van der Waals surface area contributed by atoms with E-state index in [2.05, 4.69) is 13.8 Å². The number of rotatable bonds is 2. The van der Waals surface area contributed by atoms with Crippen LogP contribution in [0.15, 0.2) is 0 Å². The van der Waals surface area contributed by atoms with Gasteiger partial charge in [0.15, 0.2) is 0 Å². The number of aliphatic hydroxyl groups excluding tert-OH is 1. The summed E-state index contributed by atoms with van der Waals surface area (Å²) in [5, 5.41) is 10.0. The predicted octanol–water partition coefficient (Wildman–Crippen LogP) is 2.10. The highest BCUT2D eigenvalue weighted by atomic mass is 16.6. The van der Waals surface area contributed by atoms with Crippen LogP contribution in [0.5, 0.6) is 0 Å². The molecule has 0 radical (unpaired) electrons. The van der Waals surface area contributed by atoms with Gasteiger partial charge in [0.1, 0.15) is 6.10 Å². The first-order valence-electron chi connectivity index (χ1n) is 5.47. The van der Waals surface area contributed by atoms with Crippen LogP contribution >= 0.6 is 0 Å². The van der Waals surface area contributed by atoms with E-state index in [0.29, 0.717) is 5.92 Å². The lowest BCUT2D eigenvalue weighted by molar-refractivity contribution is 0.0585. The van der Waals surface area contributed by atoms with Gasteiger partial charge in [-0.1, -0.05) is 19.3 Å². The summed E-state index contributed by atoms with van der Waals surface area (Å²) in [7, 11) is 0. The van der Waals surface area contributed by atoms with Crippen molar-refractivity contribution >= 4 is 0 Å². The molecule has 2 heteroatoms. The molecule has 1 saturated heterocycles. The van der Waals surface area contributed by atoms with Crippen molar-refractivity contribution in [2.45, 2.75) is 63.8 Å². The van der Waals surface area contributed by atoms with Crippen molar-refractivity contribution in [3.8, 4) is 0 Å². The minimum Gasteiger partial charge on any atom is -0.390 e. The average molecular weight is 184 g/mol. The number of epoxide rings is 1. The Hall–Kier alpha value is -0.0800. The molecule has 2 fully saturated rings. The van der Waals surface area contributed by atoms with E-state index in [-0.39, 0.29) is 17.8 Å². The zero-order valence-electron chi connectivity index (χ0n) is 8.62. The van der Waals surface area contributed by atoms with E-state index < -0.39 is 0 Å². The summed E-state index contributed by atoms with van der Waals surface area (Å²) in [5.74, 6) is 0.500. The molecule has 1 unspecified atom stereocenters. The lowest BCUT2D eigenvalue weighted by Gasteiger charge is -2.25. The van der Waals surface area contributed by atoms with Gasteiger partial charge in [0.05, 0.1) is 11.7 Å². The summed E-state index contributed by atoms with van der Waals surface area (Å²) in [4.78, 5) is 0. The predicted molar refractivity (Wildman–Crippen MR) is 51.5 cm³/mol. The van der Waals surface area contributed by atoms with Gasteiger partial charge in [0, 0.05) is 0 Å². The Morgan fingerprint density at radius 1 is 1.23 bits per heavy atom. The second-order valence-electron chi connectivity index (χ2n) is 5.03. The van der Waals surface area contributed by atoms with Crippen LogP contribution in [0, 0.1) is 5.92 Å². The SMILES string of the molecule is CC1(C)OC1[C@H](O)C1CCCCC1. The fourth-order valence-corrected chi connectivity index (χ4v) is 2.50. The molecule has 1 saturated carbocycles. The zero-order chi connectivity index (χ0) is 9.47. The maximum atomic E-state index is 10.0. The second kappa shape index (κ2) is 3.25. The fraction of sp³-hybridized carbons (Fsp3) is 1.00. The van der Waals surface area contributed by atoms with Crippen LogP contribution in [-0.2, 0) is 4.74 Å². The van der Waals surface area contributed by atoms with Crippen molar-refractivity contribution in [2.24, 2.45) is 5.92 Å². The summed E-state index contributed by atoms with van der Waals surface area (Å²) in [6.07, 6.45) is 6.20. The van der Waals surface area contributed by atoms with E-state index in [1.54, 1.807) is 0 Å². The molecule has 0 bridgehead atoms. The molecule has 2 atom stereocenters. The molecule has 0 aromatic rings. The topological polar surface area (TPSA) is 32.8 Å². The molecule has 0 aromatic heterocycles. The molecule has 1 N–H and O–H groups in total. The van der Waals surface area contributed by atoms with Gasteiger partial charge in [-0.25, -0.2) is 0 Å². The first-order chi connectivity index (χ1) is 6.11. The quantitative estimate of drug-likeness (QED) is 0.667. The molecule has 2 nitrogen and oxygen atoms in total. The third-order valence-electron chi connectivity index (χ3n) is 3.50. The van der Waals surface area contributed by atoms with Crippen molar-refractivity contribution < 1.29 is 9.84 Å². The highest BCUT2D eigenvalue weighted by Gasteiger charge is 2.53. The van der Waals surface area contributed by atoms with Crippen LogP contribution in [0.2, 0.25) is 0 Å². The fourth-order valence-electron chi connectivity index (χ4n) is 2.50. The van der Waals surface area contributed by atoms with Gasteiger partial charge in [-0.15, -0.1) is 0 Å². The molecule has 0 spiro atoms. The number of ether oxygens (including phenoxy) is 1. The van der Waals surface area contributed by atoms with Crippen LogP contribution < -0.4 is 0 Å². The molecule has 2 rings (SSSR count). The van der Waals surface area contributed by atoms with E-state index in [4.69, 9.17) is 4.74 Å². The van der Waals surface area contributed by atoms with Crippen LogP contribution in [0.4, 0.5) is 0 Å². The minimum atomic E-state index is -0.213. The highest BCUT2D eigenvalue weighted by Crippen LogP contribution is 2.42. The lowest BCUT2D eigenvalue weighted by atomic mass is 9.82. The Bertz CT molecular complexity index is 183. The van der Waals surface area contributed by atoms with Crippen molar-refractivity contribution in [1.82, 2.24) is 0 Å². The third kappa shape index (κ3) is 1.89. The lowest BCUT2D eigenvalue weighted by Crippen LogP contribution is -2.30. The standard InChI is InChI=1S/C11H20O2/c1-11(2)10(13-11)9(12)8-6-4-3-5-7-8/h8-10,12H,3-7H2,1-2H3/t9-,10?/m1/s1. The number of hydrogen-bond acceptors (Lipinski definition) is 2. The third-order valence-corrected chi connectivity index (χ3v) is 3.50. The molecule has 2 aliphatic rings. The minimum absolute atomic E-state index is 0.0587. The van der Waals surface area contributed by atoms with Gasteiger partial charge < -0.3 is 9.84 Å². The molecule has 1 aliphatic carbocycles. The highest BCUT2D eigenvalue weighted by molar-refractivity contribution is 5.01. The van der Waals surface area contributed by atoms with E-state index >= 15 is 0 Å². The molecule has 76 valence electrons. The average Bonchev–Trinajstić information content (AvgIpc) is 2.76. The smallest absolute Gasteiger partial charge is 0.113 e. The van der Waals surface area contributed by atoms with Gasteiger partial charge in [0.25, 0.3) is 0 Å². The normalized spacial score (nSPS) is 35.8. The van der Waals surface area contributed by atoms with Gasteiger partial charge >= 0.3 is 0 Å². The van der Waals surface area contributed by atoms with Gasteiger partial charge in [0.2, 0.25) is 0 Å². The van der Waals surface area contributed by atoms with E-state index in [9.17, 15) is 5.11 Å². The zero-order valence-corrected chi connectivity index (χ0v) is 8.62. The number of hydrogen-bond donors (Lipinski definition) is 1. The molecular formula is C11H20O2. The second-order valence-corrected chi connectivity index (χ2v) is 5.03. The van der Waals surface area contributed by atoms with Gasteiger partial charge in [-0.2, -0.15) is 0 Å². The molecule has 0 aromatic carbocycles. The van der Waals surface area contributed by atoms with Gasteiger partial charge in [-0.05, 0) is 32.6 Å². The summed E-state index contributed by atoms with van der Waals surface area (Å²) in [6, 6.07) is 0. The molecule has 1 aliphatic heterocycles. The van der Waals surface area contributed by atoms with E-state index in [1.807, 2.05) is 0 Å². The Labute approximate surface area is 80.3 Å². The van der Waals surface area contributed by atoms with Crippen molar-refractivity contribution in [3.05, 3.63) is 0 Å². The Morgan fingerprint density at radius 3 is 2.23 bits per heavy atom. The van der Waals surface area contributed by atoms with Crippen molar-refractivity contribution in [2.75, 3.05) is 0 Å². The van der Waals surface area contributed by atoms with Crippen molar-refractivity contribution in [1.29, 1.82) is 0 Å². The summed E-state index contributed by atoms with van der Waals surface area (Å²) in [5.41, 5.74) is -0.0587. The summed E-state index contributed by atoms with van der Waals surface area (Å²) < 4.78 is 5.47. The van der Waals surface area contributed by atoms with Crippen LogP contribution in [0.1, 0.15) is 46.0 Å². The molecule has 1 heterocycles.